The van der Waals surface area contributed by atoms with Crippen LogP contribution in [0, 0.1) is 0 Å². The van der Waals surface area contributed by atoms with Gasteiger partial charge in [0.2, 0.25) is 0 Å². The molecule has 0 saturated heterocycles. The quantitative estimate of drug-likeness (QED) is 0.0189. The summed E-state index contributed by atoms with van der Waals surface area (Å²) in [6.07, 6.45) is 17.3. The van der Waals surface area contributed by atoms with Crippen LogP contribution < -0.4 is 0 Å². The normalized spacial score (nSPS) is 13.3. The van der Waals surface area contributed by atoms with E-state index in [0.29, 0.717) is 0 Å². The third kappa shape index (κ3) is 19.5. The van der Waals surface area contributed by atoms with Gasteiger partial charge in [-0.2, -0.15) is 0 Å². The van der Waals surface area contributed by atoms with Crippen LogP contribution in [-0.2, 0) is 50.0 Å². The molecular formula is C33H60O11Si2. The summed E-state index contributed by atoms with van der Waals surface area (Å²) in [7, 11) is -0.455. The molecule has 0 aromatic heterocycles. The molecule has 2 atom stereocenters. The Hall–Kier alpha value is -2.11. The maximum atomic E-state index is 12.4. The predicted octanol–water partition coefficient (Wildman–Crippen LogP) is 6.91. The van der Waals surface area contributed by atoms with Gasteiger partial charge in [-0.05, 0) is 51.1 Å². The van der Waals surface area contributed by atoms with Crippen LogP contribution in [0.25, 0.3) is 0 Å². The van der Waals surface area contributed by atoms with Gasteiger partial charge >= 0.3 is 29.8 Å². The van der Waals surface area contributed by atoms with Crippen molar-refractivity contribution in [2.24, 2.45) is 0 Å². The highest BCUT2D eigenvalue weighted by Crippen LogP contribution is 2.20. The molecule has 13 heteroatoms. The summed E-state index contributed by atoms with van der Waals surface area (Å²) in [6.45, 7) is 14.3. The first kappa shape index (κ1) is 43.9. The Morgan fingerprint density at radius 1 is 0.739 bits per heavy atom. The molecule has 0 heterocycles. The highest BCUT2D eigenvalue weighted by atomic mass is 28.4. The lowest BCUT2D eigenvalue weighted by atomic mass is 10.1. The minimum absolute atomic E-state index is 0.0855. The molecule has 0 aliphatic rings. The lowest BCUT2D eigenvalue weighted by Gasteiger charge is -2.28. The number of unbranched alkanes of at least 4 members (excludes halogenated alkanes) is 7. The second-order valence-electron chi connectivity index (χ2n) is 10.8. The molecule has 0 aromatic carbocycles. The maximum absolute atomic E-state index is 12.4. The van der Waals surface area contributed by atoms with Crippen LogP contribution >= 0.6 is 0 Å². The van der Waals surface area contributed by atoms with Crippen molar-refractivity contribution >= 4 is 29.8 Å². The fourth-order valence-corrected chi connectivity index (χ4v) is 7.21. The van der Waals surface area contributed by atoms with Crippen LogP contribution in [0.3, 0.4) is 0 Å². The predicted molar refractivity (Wildman–Crippen MR) is 182 cm³/mol. The van der Waals surface area contributed by atoms with Crippen molar-refractivity contribution in [1.29, 1.82) is 0 Å². The first-order chi connectivity index (χ1) is 22.1. The van der Waals surface area contributed by atoms with Crippen molar-refractivity contribution in [3.05, 3.63) is 49.4 Å². The molecule has 0 radical (unpaired) electrons. The SMILES string of the molecule is C=CO[Si](OC)(OC)OC(COC(=O)CCCCCCC/C=C/CCC(CCCCC)O[Si](C=C)(OC)OC)COC(=O)C(=C)C. The second kappa shape index (κ2) is 26.9. The third-order valence-electron chi connectivity index (χ3n) is 7.07. The van der Waals surface area contributed by atoms with E-state index < -0.39 is 29.9 Å². The molecule has 0 fully saturated rings. The van der Waals surface area contributed by atoms with Crippen molar-refractivity contribution in [3.8, 4) is 0 Å². The Kier molecular flexibility index (Phi) is 25.7. The van der Waals surface area contributed by atoms with E-state index in [-0.39, 0.29) is 37.3 Å². The molecule has 0 N–H and O–H groups in total. The van der Waals surface area contributed by atoms with Crippen molar-refractivity contribution in [2.75, 3.05) is 41.7 Å². The highest BCUT2D eigenvalue weighted by molar-refractivity contribution is 6.66. The Balaban J connectivity index is 4.44. The largest absolute Gasteiger partial charge is 0.749 e. The van der Waals surface area contributed by atoms with Gasteiger partial charge in [-0.1, -0.05) is 77.3 Å². The van der Waals surface area contributed by atoms with E-state index in [0.717, 1.165) is 70.5 Å². The third-order valence-corrected chi connectivity index (χ3v) is 11.4. The van der Waals surface area contributed by atoms with Gasteiger partial charge < -0.3 is 40.5 Å². The van der Waals surface area contributed by atoms with Crippen LogP contribution in [0.15, 0.2) is 49.4 Å². The van der Waals surface area contributed by atoms with Crippen molar-refractivity contribution in [2.45, 2.75) is 110 Å². The minimum atomic E-state index is -3.60. The van der Waals surface area contributed by atoms with Crippen molar-refractivity contribution in [3.63, 3.8) is 0 Å². The number of hydrogen-bond acceptors (Lipinski definition) is 11. The molecule has 0 amide bonds. The topological polar surface area (TPSA) is 117 Å². The van der Waals surface area contributed by atoms with Gasteiger partial charge in [0.15, 0.2) is 0 Å². The van der Waals surface area contributed by atoms with E-state index >= 15 is 0 Å². The van der Waals surface area contributed by atoms with Crippen LogP contribution in [0.4, 0.5) is 0 Å². The summed E-state index contributed by atoms with van der Waals surface area (Å²) in [4.78, 5) is 24.2. The van der Waals surface area contributed by atoms with Crippen molar-refractivity contribution in [1.82, 2.24) is 0 Å². The van der Waals surface area contributed by atoms with Crippen LogP contribution in [0.1, 0.15) is 97.3 Å². The standard InChI is InChI=1S/C33H60O11Si2/c1-10-13-21-24-30(43-45(12-3,36-6)37-7)25-22-19-17-15-14-16-18-20-23-26-32(34)40-27-31(28-41-33(35)29(4)5)44-46(38-8,39-9)42-11-2/h11-12,17,19,30-31H,2-4,10,13-16,18,20-28H2,1,5-9H3/b19-17+. The molecule has 46 heavy (non-hydrogen) atoms. The zero-order valence-corrected chi connectivity index (χ0v) is 31.2. The summed E-state index contributed by atoms with van der Waals surface area (Å²) in [5.74, 6) is -0.958. The maximum Gasteiger partial charge on any atom is 0.749 e. The molecule has 0 aliphatic carbocycles. The van der Waals surface area contributed by atoms with Gasteiger partial charge in [0.1, 0.15) is 19.3 Å². The van der Waals surface area contributed by atoms with Gasteiger partial charge in [0.05, 0.1) is 12.4 Å². The summed E-state index contributed by atoms with van der Waals surface area (Å²) in [5, 5.41) is 0. The molecule has 0 bridgehead atoms. The molecule has 0 saturated carbocycles. The average Bonchev–Trinajstić information content (AvgIpc) is 3.06. The van der Waals surface area contributed by atoms with E-state index in [4.69, 9.17) is 40.5 Å². The fourth-order valence-electron chi connectivity index (χ4n) is 4.37. The molecule has 0 rings (SSSR count). The molecule has 0 spiro atoms. The zero-order chi connectivity index (χ0) is 34.7. The molecule has 11 nitrogen and oxygen atoms in total. The average molecular weight is 689 g/mol. The summed E-state index contributed by atoms with van der Waals surface area (Å²) >= 11 is 0. The lowest BCUT2D eigenvalue weighted by Crippen LogP contribution is -2.51. The second-order valence-corrected chi connectivity index (χ2v) is 15.8. The first-order valence-corrected chi connectivity index (χ1v) is 19.7. The van der Waals surface area contributed by atoms with Gasteiger partial charge in [-0.25, -0.2) is 4.79 Å². The smallest absolute Gasteiger partial charge is 0.487 e. The fraction of sp³-hybridized carbons (Fsp3) is 0.697. The van der Waals surface area contributed by atoms with Gasteiger partial charge in [0.25, 0.3) is 0 Å². The number of carbonyl (C=O) groups is 2. The van der Waals surface area contributed by atoms with Crippen molar-refractivity contribution < 1.29 is 50.0 Å². The van der Waals surface area contributed by atoms with Crippen LogP contribution in [0.5, 0.6) is 0 Å². The highest BCUT2D eigenvalue weighted by Gasteiger charge is 2.48. The molecular weight excluding hydrogens is 629 g/mol. The number of allylic oxidation sites excluding steroid dienone is 2. The Morgan fingerprint density at radius 3 is 1.96 bits per heavy atom. The number of ether oxygens (including phenoxy) is 2. The van der Waals surface area contributed by atoms with Gasteiger partial charge in [-0.3, -0.25) is 4.79 Å². The molecule has 2 unspecified atom stereocenters. The number of hydrogen-bond donors (Lipinski definition) is 0. The van der Waals surface area contributed by atoms with E-state index in [1.54, 1.807) is 19.9 Å². The Labute approximate surface area is 280 Å². The van der Waals surface area contributed by atoms with E-state index in [1.165, 1.54) is 34.0 Å². The van der Waals surface area contributed by atoms with Gasteiger partial charge in [-0.15, -0.1) is 0 Å². The molecule has 266 valence electrons. The van der Waals surface area contributed by atoms with E-state index in [9.17, 15) is 9.59 Å². The first-order valence-electron chi connectivity index (χ1n) is 16.2. The zero-order valence-electron chi connectivity index (χ0n) is 29.2. The van der Waals surface area contributed by atoms with Gasteiger partial charge in [0, 0.05) is 40.4 Å². The number of esters is 2. The minimum Gasteiger partial charge on any atom is -0.487 e. The Morgan fingerprint density at radius 2 is 1.37 bits per heavy atom. The molecule has 0 aliphatic heterocycles. The summed E-state index contributed by atoms with van der Waals surface area (Å²) in [5.41, 5.74) is 1.92. The van der Waals surface area contributed by atoms with E-state index in [2.05, 4.69) is 38.8 Å². The van der Waals surface area contributed by atoms with Crippen LogP contribution in [-0.4, -0.2) is 83.7 Å². The van der Waals surface area contributed by atoms with Crippen LogP contribution in [0.2, 0.25) is 0 Å². The monoisotopic (exact) mass is 688 g/mol. The van der Waals surface area contributed by atoms with E-state index in [1.807, 2.05) is 0 Å². The number of carbonyl (C=O) groups excluding carboxylic acids is 2. The summed E-state index contributed by atoms with van der Waals surface area (Å²) < 4.78 is 49.7. The Bertz CT molecular complexity index is 889. The summed E-state index contributed by atoms with van der Waals surface area (Å²) in [6, 6.07) is 0. The number of rotatable bonds is 31. The lowest BCUT2D eigenvalue weighted by molar-refractivity contribution is -0.153. The molecule has 0 aromatic rings.